The first-order valence-corrected chi connectivity index (χ1v) is 8.19. The fourth-order valence-electron chi connectivity index (χ4n) is 2.67. The molecule has 0 bridgehead atoms. The molecule has 1 aliphatic heterocycles. The highest BCUT2D eigenvalue weighted by Crippen LogP contribution is 2.20. The number of nitrogens with zero attached hydrogens (tertiary/aromatic N) is 2. The summed E-state index contributed by atoms with van der Waals surface area (Å²) >= 11 is 5.52. The van der Waals surface area contributed by atoms with E-state index in [0.717, 1.165) is 42.7 Å². The molecule has 2 aromatic carbocycles. The summed E-state index contributed by atoms with van der Waals surface area (Å²) in [5.74, 6) is 0.302. The predicted octanol–water partition coefficient (Wildman–Crippen LogP) is 3.22. The number of thiocarbonyl (C=S) groups is 1. The van der Waals surface area contributed by atoms with E-state index in [0.29, 0.717) is 5.75 Å². The van der Waals surface area contributed by atoms with E-state index in [1.165, 1.54) is 5.56 Å². The summed E-state index contributed by atoms with van der Waals surface area (Å²) < 4.78 is 0. The summed E-state index contributed by atoms with van der Waals surface area (Å²) in [6.45, 7) is 5.68. The van der Waals surface area contributed by atoms with Gasteiger partial charge in [-0.15, -0.1) is 0 Å². The third-order valence-electron chi connectivity index (χ3n) is 4.08. The quantitative estimate of drug-likeness (QED) is 0.829. The Morgan fingerprint density at radius 3 is 2.17 bits per heavy atom. The van der Waals surface area contributed by atoms with Crippen molar-refractivity contribution in [2.24, 2.45) is 0 Å². The summed E-state index contributed by atoms with van der Waals surface area (Å²) in [4.78, 5) is 4.51. The molecule has 1 aliphatic rings. The molecule has 1 fully saturated rings. The minimum atomic E-state index is 0.302. The summed E-state index contributed by atoms with van der Waals surface area (Å²) in [5.41, 5.74) is 3.41. The van der Waals surface area contributed by atoms with Gasteiger partial charge in [-0.2, -0.15) is 0 Å². The second kappa shape index (κ2) is 6.87. The van der Waals surface area contributed by atoms with Crippen LogP contribution in [0.2, 0.25) is 0 Å². The minimum absolute atomic E-state index is 0.302. The van der Waals surface area contributed by atoms with Crippen molar-refractivity contribution in [1.29, 1.82) is 0 Å². The van der Waals surface area contributed by atoms with Gasteiger partial charge < -0.3 is 20.2 Å². The third-order valence-corrected chi connectivity index (χ3v) is 4.44. The van der Waals surface area contributed by atoms with Crippen LogP contribution in [0.1, 0.15) is 5.56 Å². The number of piperazine rings is 1. The monoisotopic (exact) mass is 327 g/mol. The van der Waals surface area contributed by atoms with Crippen LogP contribution in [0.5, 0.6) is 5.75 Å². The van der Waals surface area contributed by atoms with Gasteiger partial charge >= 0.3 is 0 Å². The van der Waals surface area contributed by atoms with Gasteiger partial charge in [0.05, 0.1) is 0 Å². The first-order chi connectivity index (χ1) is 11.1. The first-order valence-electron chi connectivity index (χ1n) is 7.78. The van der Waals surface area contributed by atoms with Gasteiger partial charge in [-0.1, -0.05) is 17.7 Å². The summed E-state index contributed by atoms with van der Waals surface area (Å²) in [6.07, 6.45) is 0. The molecular weight excluding hydrogens is 306 g/mol. The van der Waals surface area contributed by atoms with Crippen LogP contribution in [0.25, 0.3) is 0 Å². The molecule has 1 saturated heterocycles. The van der Waals surface area contributed by atoms with E-state index in [4.69, 9.17) is 12.2 Å². The van der Waals surface area contributed by atoms with Crippen molar-refractivity contribution in [2.75, 3.05) is 36.4 Å². The number of phenols is 1. The highest BCUT2D eigenvalue weighted by atomic mass is 32.1. The molecule has 3 rings (SSSR count). The molecule has 120 valence electrons. The molecule has 0 radical (unpaired) electrons. The van der Waals surface area contributed by atoms with Crippen molar-refractivity contribution < 1.29 is 5.11 Å². The second-order valence-corrected chi connectivity index (χ2v) is 6.17. The van der Waals surface area contributed by atoms with Gasteiger partial charge in [0, 0.05) is 37.6 Å². The van der Waals surface area contributed by atoms with Gasteiger partial charge in [-0.05, 0) is 55.5 Å². The average molecular weight is 327 g/mol. The van der Waals surface area contributed by atoms with Crippen molar-refractivity contribution in [1.82, 2.24) is 4.90 Å². The van der Waals surface area contributed by atoms with Gasteiger partial charge in [0.2, 0.25) is 0 Å². The number of hydrogen-bond donors (Lipinski definition) is 2. The molecule has 2 N–H and O–H groups in total. The molecule has 0 atom stereocenters. The van der Waals surface area contributed by atoms with E-state index in [-0.39, 0.29) is 0 Å². The van der Waals surface area contributed by atoms with Crippen LogP contribution in [0, 0.1) is 6.92 Å². The number of aromatic hydroxyl groups is 1. The Bertz CT molecular complexity index is 662. The number of aryl methyl sites for hydroxylation is 1. The zero-order chi connectivity index (χ0) is 16.2. The second-order valence-electron chi connectivity index (χ2n) is 5.79. The Kier molecular flexibility index (Phi) is 4.67. The van der Waals surface area contributed by atoms with Crippen LogP contribution < -0.4 is 10.2 Å². The molecule has 0 aliphatic carbocycles. The van der Waals surface area contributed by atoms with Crippen LogP contribution in [-0.2, 0) is 0 Å². The van der Waals surface area contributed by atoms with Gasteiger partial charge in [-0.25, -0.2) is 0 Å². The molecule has 4 nitrogen and oxygen atoms in total. The fourth-order valence-corrected chi connectivity index (χ4v) is 2.97. The molecule has 23 heavy (non-hydrogen) atoms. The van der Waals surface area contributed by atoms with E-state index < -0.39 is 0 Å². The Morgan fingerprint density at radius 1 is 0.957 bits per heavy atom. The predicted molar refractivity (Wildman–Crippen MR) is 99.3 cm³/mol. The van der Waals surface area contributed by atoms with Crippen molar-refractivity contribution in [3.05, 3.63) is 54.1 Å². The molecule has 1 heterocycles. The highest BCUT2D eigenvalue weighted by molar-refractivity contribution is 7.80. The lowest BCUT2D eigenvalue weighted by Gasteiger charge is -2.37. The van der Waals surface area contributed by atoms with Crippen molar-refractivity contribution >= 4 is 28.7 Å². The molecule has 0 spiro atoms. The molecular formula is C18H21N3OS. The zero-order valence-corrected chi connectivity index (χ0v) is 14.0. The Labute approximate surface area is 142 Å². The Morgan fingerprint density at radius 2 is 1.57 bits per heavy atom. The topological polar surface area (TPSA) is 38.7 Å². The highest BCUT2D eigenvalue weighted by Gasteiger charge is 2.19. The van der Waals surface area contributed by atoms with E-state index >= 15 is 0 Å². The van der Waals surface area contributed by atoms with Crippen molar-refractivity contribution in [3.8, 4) is 5.75 Å². The van der Waals surface area contributed by atoms with E-state index in [1.54, 1.807) is 12.1 Å². The number of rotatable bonds is 2. The van der Waals surface area contributed by atoms with Gasteiger partial charge in [-0.3, -0.25) is 0 Å². The summed E-state index contributed by atoms with van der Waals surface area (Å²) in [6, 6.07) is 15.6. The first kappa shape index (κ1) is 15.6. The zero-order valence-electron chi connectivity index (χ0n) is 13.2. The molecule has 0 saturated carbocycles. The Hall–Kier alpha value is -2.27. The third kappa shape index (κ3) is 3.93. The van der Waals surface area contributed by atoms with Crippen LogP contribution >= 0.6 is 12.2 Å². The van der Waals surface area contributed by atoms with Crippen molar-refractivity contribution in [3.63, 3.8) is 0 Å². The van der Waals surface area contributed by atoms with Crippen LogP contribution in [0.4, 0.5) is 11.4 Å². The summed E-state index contributed by atoms with van der Waals surface area (Å²) in [7, 11) is 0. The number of anilines is 2. The maximum absolute atomic E-state index is 9.38. The van der Waals surface area contributed by atoms with Crippen LogP contribution in [0.15, 0.2) is 48.5 Å². The van der Waals surface area contributed by atoms with E-state index in [2.05, 4.69) is 34.2 Å². The summed E-state index contributed by atoms with van der Waals surface area (Å²) in [5, 5.41) is 13.5. The largest absolute Gasteiger partial charge is 0.508 e. The maximum atomic E-state index is 9.38. The molecule has 0 aromatic heterocycles. The van der Waals surface area contributed by atoms with Gasteiger partial charge in [0.25, 0.3) is 0 Å². The smallest absolute Gasteiger partial charge is 0.173 e. The number of hydrogen-bond acceptors (Lipinski definition) is 3. The standard InChI is InChI=1S/C18H21N3OS/c1-14-2-4-15(5-3-14)19-18(23)21-12-10-20(11-13-21)16-6-8-17(22)9-7-16/h2-9,22H,10-13H2,1H3,(H,19,23). The van der Waals surface area contributed by atoms with Gasteiger partial charge in [0.1, 0.15) is 5.75 Å². The maximum Gasteiger partial charge on any atom is 0.173 e. The lowest BCUT2D eigenvalue weighted by atomic mass is 10.2. The normalized spacial score (nSPS) is 14.7. The lowest BCUT2D eigenvalue weighted by molar-refractivity contribution is 0.391. The van der Waals surface area contributed by atoms with Crippen LogP contribution in [-0.4, -0.2) is 41.3 Å². The molecule has 5 heteroatoms. The molecule has 2 aromatic rings. The molecule has 0 unspecified atom stereocenters. The Balaban J connectivity index is 1.54. The van der Waals surface area contributed by atoms with E-state index in [1.807, 2.05) is 24.3 Å². The number of phenolic OH excluding ortho intramolecular Hbond substituents is 1. The van der Waals surface area contributed by atoms with Crippen molar-refractivity contribution in [2.45, 2.75) is 6.92 Å². The lowest BCUT2D eigenvalue weighted by Crippen LogP contribution is -2.50. The fraction of sp³-hybridized carbons (Fsp3) is 0.278. The minimum Gasteiger partial charge on any atom is -0.508 e. The molecule has 0 amide bonds. The van der Waals surface area contributed by atoms with E-state index in [9.17, 15) is 5.11 Å². The SMILES string of the molecule is Cc1ccc(NC(=S)N2CCN(c3ccc(O)cc3)CC2)cc1. The van der Waals surface area contributed by atoms with Crippen LogP contribution in [0.3, 0.4) is 0 Å². The number of benzene rings is 2. The average Bonchev–Trinajstić information content (AvgIpc) is 2.58. The number of nitrogens with one attached hydrogen (secondary N) is 1. The van der Waals surface area contributed by atoms with Gasteiger partial charge in [0.15, 0.2) is 5.11 Å².